The molecule has 2 unspecified atom stereocenters. The number of likely N-dealkylation sites (tertiary alicyclic amines) is 1. The lowest BCUT2D eigenvalue weighted by molar-refractivity contribution is 0.125. The van der Waals surface area contributed by atoms with Crippen LogP contribution in [0.2, 0.25) is 0 Å². The van der Waals surface area contributed by atoms with Crippen LogP contribution in [0.4, 0.5) is 0 Å². The molecule has 0 radical (unpaired) electrons. The fraction of sp³-hybridized carbons (Fsp3) is 0.600. The maximum Gasteiger partial charge on any atom is 0.119 e. The van der Waals surface area contributed by atoms with Crippen LogP contribution in [0.15, 0.2) is 24.3 Å². The van der Waals surface area contributed by atoms with Gasteiger partial charge in [0.25, 0.3) is 0 Å². The average Bonchev–Trinajstić information content (AvgIpc) is 2.89. The third kappa shape index (κ3) is 4.20. The lowest BCUT2D eigenvalue weighted by atomic mass is 10.0. The van der Waals surface area contributed by atoms with E-state index in [-0.39, 0.29) is 6.10 Å². The lowest BCUT2D eigenvalue weighted by Crippen LogP contribution is -2.28. The van der Waals surface area contributed by atoms with Gasteiger partial charge in [0, 0.05) is 19.6 Å². The third-order valence-electron chi connectivity index (χ3n) is 3.83. The predicted octanol–water partition coefficient (Wildman–Crippen LogP) is 1.23. The minimum atomic E-state index is -0.199. The Kier molecular flexibility index (Phi) is 5.19. The van der Waals surface area contributed by atoms with Gasteiger partial charge in [-0.3, -0.25) is 4.90 Å². The van der Waals surface area contributed by atoms with Crippen molar-refractivity contribution in [1.29, 1.82) is 0 Å². The summed E-state index contributed by atoms with van der Waals surface area (Å²) >= 11 is 0. The Morgan fingerprint density at radius 2 is 2.16 bits per heavy atom. The molecule has 0 aromatic heterocycles. The molecular weight excluding hydrogens is 240 g/mol. The van der Waals surface area contributed by atoms with Crippen LogP contribution in [-0.4, -0.2) is 42.4 Å². The van der Waals surface area contributed by atoms with Gasteiger partial charge in [-0.2, -0.15) is 0 Å². The van der Waals surface area contributed by atoms with Gasteiger partial charge < -0.3 is 15.6 Å². The smallest absolute Gasteiger partial charge is 0.119 e. The van der Waals surface area contributed by atoms with Crippen molar-refractivity contribution in [2.45, 2.75) is 26.0 Å². The van der Waals surface area contributed by atoms with Crippen LogP contribution in [0.5, 0.6) is 5.75 Å². The molecular formula is C15H24N2O2. The number of nitrogens with zero attached hydrogens (tertiary/aromatic N) is 1. The lowest BCUT2D eigenvalue weighted by Gasteiger charge is -2.17. The van der Waals surface area contributed by atoms with Gasteiger partial charge in [-0.1, -0.05) is 12.1 Å². The molecule has 2 atom stereocenters. The zero-order valence-electron chi connectivity index (χ0n) is 11.6. The highest BCUT2D eigenvalue weighted by atomic mass is 16.5. The van der Waals surface area contributed by atoms with Gasteiger partial charge in [0.1, 0.15) is 12.4 Å². The van der Waals surface area contributed by atoms with E-state index in [0.29, 0.717) is 19.1 Å². The fourth-order valence-corrected chi connectivity index (χ4v) is 2.47. The van der Waals surface area contributed by atoms with Gasteiger partial charge in [-0.15, -0.1) is 0 Å². The summed E-state index contributed by atoms with van der Waals surface area (Å²) in [6.45, 7) is 6.09. The van der Waals surface area contributed by atoms with Crippen molar-refractivity contribution in [2.24, 2.45) is 11.7 Å². The number of rotatable bonds is 6. The Morgan fingerprint density at radius 3 is 2.74 bits per heavy atom. The van der Waals surface area contributed by atoms with Gasteiger partial charge in [0.2, 0.25) is 0 Å². The summed E-state index contributed by atoms with van der Waals surface area (Å²) in [5.74, 6) is 1.31. The highest BCUT2D eigenvalue weighted by Crippen LogP contribution is 2.19. The zero-order chi connectivity index (χ0) is 13.7. The van der Waals surface area contributed by atoms with E-state index in [0.717, 1.165) is 37.4 Å². The summed E-state index contributed by atoms with van der Waals surface area (Å²) in [4.78, 5) is 2.35. The standard InChI is InChI=1S/C15H24N2O2/c1-12(18)14-6-7-17(11-14)8-9-19-15-4-2-13(10-16)3-5-15/h2-5,12,14,18H,6-11,16H2,1H3. The molecule has 1 aliphatic heterocycles. The monoisotopic (exact) mass is 264 g/mol. The van der Waals surface area contributed by atoms with E-state index in [1.807, 2.05) is 31.2 Å². The maximum atomic E-state index is 9.55. The Hall–Kier alpha value is -1.10. The average molecular weight is 264 g/mol. The fourth-order valence-electron chi connectivity index (χ4n) is 2.47. The van der Waals surface area contributed by atoms with Gasteiger partial charge in [-0.05, 0) is 43.5 Å². The molecule has 2 rings (SSSR count). The van der Waals surface area contributed by atoms with E-state index >= 15 is 0 Å². The third-order valence-corrected chi connectivity index (χ3v) is 3.83. The van der Waals surface area contributed by atoms with E-state index < -0.39 is 0 Å². The van der Waals surface area contributed by atoms with Gasteiger partial charge in [0.15, 0.2) is 0 Å². The van der Waals surface area contributed by atoms with Crippen LogP contribution in [0.3, 0.4) is 0 Å². The van der Waals surface area contributed by atoms with Crippen LogP contribution in [-0.2, 0) is 6.54 Å². The van der Waals surface area contributed by atoms with Crippen LogP contribution in [0.1, 0.15) is 18.9 Å². The Labute approximate surface area is 115 Å². The molecule has 0 amide bonds. The molecule has 1 aromatic carbocycles. The second-order valence-corrected chi connectivity index (χ2v) is 5.29. The highest BCUT2D eigenvalue weighted by molar-refractivity contribution is 5.27. The van der Waals surface area contributed by atoms with E-state index in [4.69, 9.17) is 10.5 Å². The maximum absolute atomic E-state index is 9.55. The number of hydrogen-bond acceptors (Lipinski definition) is 4. The van der Waals surface area contributed by atoms with Crippen molar-refractivity contribution in [1.82, 2.24) is 4.90 Å². The summed E-state index contributed by atoms with van der Waals surface area (Å²) in [6.07, 6.45) is 0.887. The van der Waals surface area contributed by atoms with Crippen molar-refractivity contribution in [2.75, 3.05) is 26.2 Å². The number of benzene rings is 1. The van der Waals surface area contributed by atoms with Crippen molar-refractivity contribution in [3.8, 4) is 5.75 Å². The number of nitrogens with two attached hydrogens (primary N) is 1. The molecule has 0 bridgehead atoms. The summed E-state index contributed by atoms with van der Waals surface area (Å²) in [5, 5.41) is 9.55. The molecule has 106 valence electrons. The van der Waals surface area contributed by atoms with E-state index in [2.05, 4.69) is 4.90 Å². The molecule has 4 nitrogen and oxygen atoms in total. The van der Waals surface area contributed by atoms with Gasteiger partial charge >= 0.3 is 0 Å². The molecule has 19 heavy (non-hydrogen) atoms. The molecule has 1 heterocycles. The molecule has 4 heteroatoms. The largest absolute Gasteiger partial charge is 0.492 e. The Bertz CT molecular complexity index is 378. The summed E-state index contributed by atoms with van der Waals surface area (Å²) in [7, 11) is 0. The topological polar surface area (TPSA) is 58.7 Å². The SMILES string of the molecule is CC(O)C1CCN(CCOc2ccc(CN)cc2)C1. The minimum absolute atomic E-state index is 0.199. The first-order valence-corrected chi connectivity index (χ1v) is 7.01. The summed E-state index contributed by atoms with van der Waals surface area (Å²) in [5.41, 5.74) is 6.67. The number of hydrogen-bond donors (Lipinski definition) is 2. The predicted molar refractivity (Wildman–Crippen MR) is 76.1 cm³/mol. The first-order valence-electron chi connectivity index (χ1n) is 7.01. The number of ether oxygens (including phenoxy) is 1. The second-order valence-electron chi connectivity index (χ2n) is 5.29. The summed E-state index contributed by atoms with van der Waals surface area (Å²) < 4.78 is 5.72. The van der Waals surface area contributed by atoms with Crippen molar-refractivity contribution >= 4 is 0 Å². The number of aliphatic hydroxyl groups excluding tert-OH is 1. The van der Waals surface area contributed by atoms with E-state index in [1.165, 1.54) is 0 Å². The van der Waals surface area contributed by atoms with Gasteiger partial charge in [-0.25, -0.2) is 0 Å². The normalized spacial score (nSPS) is 21.5. The Balaban J connectivity index is 1.69. The highest BCUT2D eigenvalue weighted by Gasteiger charge is 2.25. The van der Waals surface area contributed by atoms with Crippen molar-refractivity contribution in [3.63, 3.8) is 0 Å². The quantitative estimate of drug-likeness (QED) is 0.811. The zero-order valence-corrected chi connectivity index (χ0v) is 11.6. The van der Waals surface area contributed by atoms with E-state index in [1.54, 1.807) is 0 Å². The van der Waals surface area contributed by atoms with E-state index in [9.17, 15) is 5.11 Å². The summed E-state index contributed by atoms with van der Waals surface area (Å²) in [6, 6.07) is 7.92. The molecule has 1 fully saturated rings. The Morgan fingerprint density at radius 1 is 1.42 bits per heavy atom. The van der Waals surface area contributed by atoms with Crippen molar-refractivity contribution < 1.29 is 9.84 Å². The molecule has 0 spiro atoms. The molecule has 0 aliphatic carbocycles. The first kappa shape index (κ1) is 14.3. The van der Waals surface area contributed by atoms with Crippen LogP contribution in [0, 0.1) is 5.92 Å². The molecule has 1 aliphatic rings. The van der Waals surface area contributed by atoms with Crippen LogP contribution < -0.4 is 10.5 Å². The van der Waals surface area contributed by atoms with Crippen LogP contribution >= 0.6 is 0 Å². The van der Waals surface area contributed by atoms with Gasteiger partial charge in [0.05, 0.1) is 6.10 Å². The molecule has 3 N–H and O–H groups in total. The molecule has 0 saturated carbocycles. The minimum Gasteiger partial charge on any atom is -0.492 e. The molecule has 1 aromatic rings. The second kappa shape index (κ2) is 6.89. The van der Waals surface area contributed by atoms with Crippen LogP contribution in [0.25, 0.3) is 0 Å². The van der Waals surface area contributed by atoms with Crippen molar-refractivity contribution in [3.05, 3.63) is 29.8 Å². The molecule has 1 saturated heterocycles. The number of aliphatic hydroxyl groups is 1. The first-order chi connectivity index (χ1) is 9.19.